The summed E-state index contributed by atoms with van der Waals surface area (Å²) < 4.78 is 6.79. The number of halogens is 1. The van der Waals surface area contributed by atoms with Crippen molar-refractivity contribution in [2.24, 2.45) is 0 Å². The van der Waals surface area contributed by atoms with E-state index < -0.39 is 0 Å². The summed E-state index contributed by atoms with van der Waals surface area (Å²) in [5.41, 5.74) is 1.83. The summed E-state index contributed by atoms with van der Waals surface area (Å²) in [6.07, 6.45) is 5.08. The van der Waals surface area contributed by atoms with Crippen LogP contribution in [0.1, 0.15) is 16.1 Å². The van der Waals surface area contributed by atoms with Crippen molar-refractivity contribution in [1.29, 1.82) is 0 Å². The number of ether oxygens (including phenoxy) is 1. The normalized spacial score (nSPS) is 10.4. The second kappa shape index (κ2) is 7.10. The van der Waals surface area contributed by atoms with Crippen LogP contribution in [0, 0.1) is 0 Å². The van der Waals surface area contributed by atoms with E-state index in [0.717, 1.165) is 5.69 Å². The molecule has 0 radical (unpaired) electrons. The Morgan fingerprint density at radius 1 is 1.29 bits per heavy atom. The second-order valence-corrected chi connectivity index (χ2v) is 5.32. The lowest BCUT2D eigenvalue weighted by Crippen LogP contribution is -2.23. The maximum absolute atomic E-state index is 12.3. The molecule has 8 heteroatoms. The van der Waals surface area contributed by atoms with Crippen molar-refractivity contribution < 1.29 is 9.53 Å². The molecule has 3 aromatic rings. The number of rotatable bonds is 5. The van der Waals surface area contributed by atoms with Crippen molar-refractivity contribution in [1.82, 2.24) is 25.3 Å². The van der Waals surface area contributed by atoms with Crippen LogP contribution in [0.5, 0.6) is 5.75 Å². The minimum atomic E-state index is -0.298. The quantitative estimate of drug-likeness (QED) is 0.768. The maximum atomic E-state index is 12.3. The van der Waals surface area contributed by atoms with Gasteiger partial charge in [-0.2, -0.15) is 0 Å². The van der Waals surface area contributed by atoms with Crippen LogP contribution in [0.25, 0.3) is 5.69 Å². The van der Waals surface area contributed by atoms with Crippen LogP contribution in [0.2, 0.25) is 5.02 Å². The lowest BCUT2D eigenvalue weighted by Gasteiger charge is -2.08. The second-order valence-electron chi connectivity index (χ2n) is 4.89. The molecule has 1 aromatic carbocycles. The highest BCUT2D eigenvalue weighted by Crippen LogP contribution is 2.22. The molecule has 1 amide bonds. The predicted molar refractivity (Wildman–Crippen MR) is 88.3 cm³/mol. The predicted octanol–water partition coefficient (Wildman–Crippen LogP) is 2.25. The molecule has 0 unspecified atom stereocenters. The zero-order valence-corrected chi connectivity index (χ0v) is 13.6. The van der Waals surface area contributed by atoms with Crippen molar-refractivity contribution in [3.63, 3.8) is 0 Å². The van der Waals surface area contributed by atoms with Gasteiger partial charge in [0.2, 0.25) is 0 Å². The Hall–Kier alpha value is -2.93. The van der Waals surface area contributed by atoms with Crippen LogP contribution in [0.15, 0.2) is 48.9 Å². The molecule has 0 fully saturated rings. The highest BCUT2D eigenvalue weighted by molar-refractivity contribution is 6.31. The van der Waals surface area contributed by atoms with E-state index in [9.17, 15) is 4.79 Å². The van der Waals surface area contributed by atoms with E-state index in [4.69, 9.17) is 16.3 Å². The first-order valence-corrected chi connectivity index (χ1v) is 7.48. The highest BCUT2D eigenvalue weighted by Gasteiger charge is 2.13. The van der Waals surface area contributed by atoms with Crippen LogP contribution in [0.4, 0.5) is 0 Å². The molecule has 2 heterocycles. The topological polar surface area (TPSA) is 81.9 Å². The Morgan fingerprint density at radius 3 is 2.83 bits per heavy atom. The zero-order valence-electron chi connectivity index (χ0n) is 12.8. The molecule has 0 bridgehead atoms. The van der Waals surface area contributed by atoms with Crippen LogP contribution in [-0.2, 0) is 6.54 Å². The van der Waals surface area contributed by atoms with E-state index >= 15 is 0 Å². The van der Waals surface area contributed by atoms with Crippen molar-refractivity contribution in [3.05, 3.63) is 65.2 Å². The van der Waals surface area contributed by atoms with Gasteiger partial charge in [-0.15, -0.1) is 5.10 Å². The SMILES string of the molecule is COc1ccc(Cl)cc1C(=O)NCc1cn(-c2ccncc2)nn1. The van der Waals surface area contributed by atoms with Gasteiger partial charge in [-0.25, -0.2) is 4.68 Å². The average Bonchev–Trinajstić information content (AvgIpc) is 3.09. The fourth-order valence-electron chi connectivity index (χ4n) is 2.13. The first kappa shape index (κ1) is 15.9. The van der Waals surface area contributed by atoms with Gasteiger partial charge in [0.1, 0.15) is 11.4 Å². The minimum absolute atomic E-state index is 0.236. The molecule has 7 nitrogen and oxygen atoms in total. The molecule has 0 aliphatic carbocycles. The number of nitrogens with one attached hydrogen (secondary N) is 1. The molecule has 122 valence electrons. The molecule has 0 saturated carbocycles. The molecule has 2 aromatic heterocycles. The van der Waals surface area contributed by atoms with Crippen LogP contribution in [0.3, 0.4) is 0 Å². The Kier molecular flexibility index (Phi) is 4.72. The van der Waals surface area contributed by atoms with E-state index in [1.165, 1.54) is 7.11 Å². The average molecular weight is 344 g/mol. The fourth-order valence-corrected chi connectivity index (χ4v) is 2.30. The van der Waals surface area contributed by atoms with E-state index in [0.29, 0.717) is 22.0 Å². The number of aromatic nitrogens is 4. The molecule has 0 spiro atoms. The molecule has 0 atom stereocenters. The number of carbonyl (C=O) groups is 1. The first-order valence-electron chi connectivity index (χ1n) is 7.11. The lowest BCUT2D eigenvalue weighted by atomic mass is 10.2. The van der Waals surface area contributed by atoms with E-state index in [2.05, 4.69) is 20.6 Å². The number of pyridine rings is 1. The minimum Gasteiger partial charge on any atom is -0.496 e. The molecule has 0 aliphatic rings. The molecule has 0 aliphatic heterocycles. The third-order valence-corrected chi connectivity index (χ3v) is 3.54. The summed E-state index contributed by atoms with van der Waals surface area (Å²) in [6, 6.07) is 8.50. The Bertz CT molecular complexity index is 851. The summed E-state index contributed by atoms with van der Waals surface area (Å²) in [6.45, 7) is 0.236. The van der Waals surface area contributed by atoms with Gasteiger partial charge >= 0.3 is 0 Å². The van der Waals surface area contributed by atoms with Crippen LogP contribution < -0.4 is 10.1 Å². The highest BCUT2D eigenvalue weighted by atomic mass is 35.5. The number of amides is 1. The van der Waals surface area contributed by atoms with E-state index in [1.807, 2.05) is 12.1 Å². The van der Waals surface area contributed by atoms with Crippen molar-refractivity contribution in [2.45, 2.75) is 6.54 Å². The number of carbonyl (C=O) groups excluding carboxylic acids is 1. The molecule has 1 N–H and O–H groups in total. The number of nitrogens with zero attached hydrogens (tertiary/aromatic N) is 4. The number of benzene rings is 1. The van der Waals surface area contributed by atoms with Crippen molar-refractivity contribution in [3.8, 4) is 11.4 Å². The molecule has 3 rings (SSSR count). The summed E-state index contributed by atoms with van der Waals surface area (Å²) in [5.74, 6) is 0.158. The van der Waals surface area contributed by atoms with Gasteiger partial charge in [-0.05, 0) is 30.3 Å². The van der Waals surface area contributed by atoms with Crippen LogP contribution in [-0.4, -0.2) is 33.0 Å². The Balaban J connectivity index is 1.69. The fraction of sp³-hybridized carbons (Fsp3) is 0.125. The summed E-state index contributed by atoms with van der Waals surface area (Å²) >= 11 is 5.94. The number of methoxy groups -OCH3 is 1. The molecular formula is C16H14ClN5O2. The molecule has 24 heavy (non-hydrogen) atoms. The maximum Gasteiger partial charge on any atom is 0.255 e. The summed E-state index contributed by atoms with van der Waals surface area (Å²) in [7, 11) is 1.50. The van der Waals surface area contributed by atoms with Gasteiger partial charge in [0.15, 0.2) is 0 Å². The van der Waals surface area contributed by atoms with Gasteiger partial charge in [0, 0.05) is 17.4 Å². The van der Waals surface area contributed by atoms with Crippen molar-refractivity contribution >= 4 is 17.5 Å². The van der Waals surface area contributed by atoms with Gasteiger partial charge in [-0.1, -0.05) is 16.8 Å². The lowest BCUT2D eigenvalue weighted by molar-refractivity contribution is 0.0947. The van der Waals surface area contributed by atoms with Crippen molar-refractivity contribution in [2.75, 3.05) is 7.11 Å². The number of hydrogen-bond donors (Lipinski definition) is 1. The van der Waals surface area contributed by atoms with E-state index in [1.54, 1.807) is 41.5 Å². The third kappa shape index (κ3) is 3.52. The number of hydrogen-bond acceptors (Lipinski definition) is 5. The van der Waals surface area contributed by atoms with Crippen LogP contribution >= 0.6 is 11.6 Å². The Labute approximate surface area is 143 Å². The third-order valence-electron chi connectivity index (χ3n) is 3.30. The smallest absolute Gasteiger partial charge is 0.255 e. The largest absolute Gasteiger partial charge is 0.496 e. The van der Waals surface area contributed by atoms with E-state index in [-0.39, 0.29) is 12.5 Å². The van der Waals surface area contributed by atoms with Gasteiger partial charge in [-0.3, -0.25) is 9.78 Å². The van der Waals surface area contributed by atoms with Gasteiger partial charge in [0.05, 0.1) is 31.1 Å². The summed E-state index contributed by atoms with van der Waals surface area (Å²) in [5, 5.41) is 11.3. The Morgan fingerprint density at radius 2 is 2.08 bits per heavy atom. The molecular weight excluding hydrogens is 330 g/mol. The molecule has 0 saturated heterocycles. The monoisotopic (exact) mass is 343 g/mol. The van der Waals surface area contributed by atoms with Gasteiger partial charge < -0.3 is 10.1 Å². The standard InChI is InChI=1S/C16H14ClN5O2/c1-24-15-3-2-11(17)8-14(15)16(23)19-9-12-10-22(21-20-12)13-4-6-18-7-5-13/h2-8,10H,9H2,1H3,(H,19,23). The summed E-state index contributed by atoms with van der Waals surface area (Å²) in [4.78, 5) is 16.3. The first-order chi connectivity index (χ1) is 11.7. The zero-order chi connectivity index (χ0) is 16.9. The van der Waals surface area contributed by atoms with Gasteiger partial charge in [0.25, 0.3) is 5.91 Å².